The molecule has 1 unspecified atom stereocenters. The molecule has 1 heterocycles. The molecule has 0 radical (unpaired) electrons. The van der Waals surface area contributed by atoms with E-state index in [-0.39, 0.29) is 29.9 Å². The number of hydrogen-bond donors (Lipinski definition) is 1. The molecular formula is C27H39N3O3. The highest BCUT2D eigenvalue weighted by molar-refractivity contribution is 5.88. The van der Waals surface area contributed by atoms with Crippen molar-refractivity contribution in [3.63, 3.8) is 0 Å². The van der Waals surface area contributed by atoms with Gasteiger partial charge < -0.3 is 19.9 Å². The second-order valence-corrected chi connectivity index (χ2v) is 11.4. The summed E-state index contributed by atoms with van der Waals surface area (Å²) < 4.78 is 5.82. The van der Waals surface area contributed by atoms with Gasteiger partial charge in [-0.1, -0.05) is 12.1 Å². The Morgan fingerprint density at radius 2 is 1.67 bits per heavy atom. The SMILES string of the molecule is CN(C)c1ccc(CN(CC2CCCO2)C(=O)CNC(=O)C23CC4CC(CC(C4)C2)C3)cc1. The summed E-state index contributed by atoms with van der Waals surface area (Å²) in [6.45, 7) is 1.98. The standard InChI is InChI=1S/C27H39N3O3/c1-29(2)23-7-5-19(6-8-23)17-30(18-24-4-3-9-33-24)25(31)16-28-26(32)27-13-20-10-21(14-27)12-22(11-20)15-27/h5-8,20-22,24H,3-4,9-18H2,1-2H3,(H,28,32). The first-order valence-corrected chi connectivity index (χ1v) is 12.8. The summed E-state index contributed by atoms with van der Waals surface area (Å²) in [5.74, 6) is 2.28. The number of nitrogens with one attached hydrogen (secondary N) is 1. The van der Waals surface area contributed by atoms with E-state index >= 15 is 0 Å². The summed E-state index contributed by atoms with van der Waals surface area (Å²) in [5.41, 5.74) is 2.02. The number of ether oxygens (including phenoxy) is 1. The predicted molar refractivity (Wildman–Crippen MR) is 129 cm³/mol. The van der Waals surface area contributed by atoms with Crippen LogP contribution in [-0.4, -0.2) is 56.6 Å². The maximum absolute atomic E-state index is 13.3. The van der Waals surface area contributed by atoms with Gasteiger partial charge in [0.15, 0.2) is 0 Å². The minimum absolute atomic E-state index is 0.0136. The van der Waals surface area contributed by atoms with E-state index in [0.717, 1.165) is 67.7 Å². The zero-order valence-electron chi connectivity index (χ0n) is 20.2. The number of carbonyl (C=O) groups is 2. The Morgan fingerprint density at radius 3 is 2.21 bits per heavy atom. The average molecular weight is 454 g/mol. The summed E-state index contributed by atoms with van der Waals surface area (Å²) in [5, 5.41) is 3.08. The maximum Gasteiger partial charge on any atom is 0.242 e. The monoisotopic (exact) mass is 453 g/mol. The number of carbonyl (C=O) groups excluding carboxylic acids is 2. The smallest absolute Gasteiger partial charge is 0.242 e. The van der Waals surface area contributed by atoms with Gasteiger partial charge in [0.2, 0.25) is 11.8 Å². The van der Waals surface area contributed by atoms with Crippen molar-refractivity contribution in [3.05, 3.63) is 29.8 Å². The van der Waals surface area contributed by atoms with Gasteiger partial charge in [0, 0.05) is 44.9 Å². The largest absolute Gasteiger partial charge is 0.378 e. The Kier molecular flexibility index (Phi) is 6.39. The molecule has 0 spiro atoms. The minimum atomic E-state index is -0.212. The molecule has 4 saturated carbocycles. The van der Waals surface area contributed by atoms with E-state index in [0.29, 0.717) is 13.1 Å². The van der Waals surface area contributed by atoms with Gasteiger partial charge in [-0.05, 0) is 86.8 Å². The summed E-state index contributed by atoms with van der Waals surface area (Å²) in [6, 6.07) is 8.33. The fourth-order valence-corrected chi connectivity index (χ4v) is 7.25. The van der Waals surface area contributed by atoms with E-state index in [1.165, 1.54) is 19.3 Å². The Labute approximate surface area is 198 Å². The first-order valence-electron chi connectivity index (χ1n) is 12.8. The molecule has 180 valence electrons. The van der Waals surface area contributed by atoms with Crippen LogP contribution in [0.5, 0.6) is 0 Å². The van der Waals surface area contributed by atoms with Gasteiger partial charge in [0.1, 0.15) is 0 Å². The van der Waals surface area contributed by atoms with Crippen LogP contribution >= 0.6 is 0 Å². The fourth-order valence-electron chi connectivity index (χ4n) is 7.25. The second-order valence-electron chi connectivity index (χ2n) is 11.4. The summed E-state index contributed by atoms with van der Waals surface area (Å²) >= 11 is 0. The van der Waals surface area contributed by atoms with Crippen LogP contribution in [0.4, 0.5) is 5.69 Å². The van der Waals surface area contributed by atoms with Gasteiger partial charge in [0.05, 0.1) is 12.6 Å². The molecule has 33 heavy (non-hydrogen) atoms. The first-order chi connectivity index (χ1) is 15.9. The maximum atomic E-state index is 13.3. The number of amides is 2. The zero-order chi connectivity index (χ0) is 23.0. The molecule has 4 aliphatic carbocycles. The summed E-state index contributed by atoms with van der Waals surface area (Å²) in [4.78, 5) is 30.6. The van der Waals surface area contributed by atoms with E-state index < -0.39 is 0 Å². The highest BCUT2D eigenvalue weighted by Crippen LogP contribution is 2.60. The number of nitrogens with zero attached hydrogens (tertiary/aromatic N) is 2. The molecule has 5 aliphatic rings. The predicted octanol–water partition coefficient (Wildman–Crippen LogP) is 3.59. The van der Waals surface area contributed by atoms with Crippen molar-refractivity contribution in [1.29, 1.82) is 0 Å². The van der Waals surface area contributed by atoms with Crippen LogP contribution in [0, 0.1) is 23.2 Å². The van der Waals surface area contributed by atoms with E-state index in [9.17, 15) is 9.59 Å². The molecule has 0 aromatic heterocycles. The lowest BCUT2D eigenvalue weighted by Crippen LogP contribution is -2.55. The first kappa shape index (κ1) is 22.7. The van der Waals surface area contributed by atoms with Crippen molar-refractivity contribution in [1.82, 2.24) is 10.2 Å². The Bertz CT molecular complexity index is 825. The van der Waals surface area contributed by atoms with Gasteiger partial charge in [0.25, 0.3) is 0 Å². The summed E-state index contributed by atoms with van der Waals surface area (Å²) in [6.07, 6.45) is 9.14. The minimum Gasteiger partial charge on any atom is -0.378 e. The van der Waals surface area contributed by atoms with Crippen LogP contribution in [0.1, 0.15) is 56.9 Å². The highest BCUT2D eigenvalue weighted by Gasteiger charge is 2.54. The van der Waals surface area contributed by atoms with Gasteiger partial charge in [-0.3, -0.25) is 9.59 Å². The van der Waals surface area contributed by atoms with E-state index in [2.05, 4.69) is 34.5 Å². The molecule has 5 fully saturated rings. The molecule has 6 nitrogen and oxygen atoms in total. The van der Waals surface area contributed by atoms with Gasteiger partial charge in [-0.15, -0.1) is 0 Å². The van der Waals surface area contributed by atoms with Crippen LogP contribution in [0.25, 0.3) is 0 Å². The Balaban J connectivity index is 1.22. The zero-order valence-corrected chi connectivity index (χ0v) is 20.2. The van der Waals surface area contributed by atoms with Crippen LogP contribution in [0.2, 0.25) is 0 Å². The van der Waals surface area contributed by atoms with E-state index in [1.54, 1.807) is 0 Å². The lowest BCUT2D eigenvalue weighted by Gasteiger charge is -2.55. The average Bonchev–Trinajstić information content (AvgIpc) is 3.29. The number of rotatable bonds is 8. The van der Waals surface area contributed by atoms with Crippen LogP contribution in [0.3, 0.4) is 0 Å². The Morgan fingerprint density at radius 1 is 1.03 bits per heavy atom. The topological polar surface area (TPSA) is 61.9 Å². The molecule has 4 bridgehead atoms. The van der Waals surface area contributed by atoms with Crippen molar-refractivity contribution in [2.45, 2.75) is 64.0 Å². The Hall–Kier alpha value is -2.08. The van der Waals surface area contributed by atoms with Gasteiger partial charge in [-0.2, -0.15) is 0 Å². The normalized spacial score (nSPS) is 32.1. The third-order valence-electron chi connectivity index (χ3n) is 8.55. The van der Waals surface area contributed by atoms with Crippen molar-refractivity contribution in [2.75, 3.05) is 38.7 Å². The molecule has 2 amide bonds. The highest BCUT2D eigenvalue weighted by atomic mass is 16.5. The van der Waals surface area contributed by atoms with Crippen molar-refractivity contribution in [3.8, 4) is 0 Å². The fraction of sp³-hybridized carbons (Fsp3) is 0.704. The molecule has 1 atom stereocenters. The number of hydrogen-bond acceptors (Lipinski definition) is 4. The summed E-state index contributed by atoms with van der Waals surface area (Å²) in [7, 11) is 4.05. The van der Waals surface area contributed by atoms with E-state index in [4.69, 9.17) is 4.74 Å². The third-order valence-corrected chi connectivity index (χ3v) is 8.55. The molecule has 6 rings (SSSR count). The molecule has 1 N–H and O–H groups in total. The number of anilines is 1. The lowest BCUT2D eigenvalue weighted by atomic mass is 9.49. The second kappa shape index (κ2) is 9.28. The number of benzene rings is 1. The molecule has 6 heteroatoms. The lowest BCUT2D eigenvalue weighted by molar-refractivity contribution is -0.148. The molecule has 1 aliphatic heterocycles. The van der Waals surface area contributed by atoms with Crippen molar-refractivity contribution < 1.29 is 14.3 Å². The van der Waals surface area contributed by atoms with Crippen LogP contribution < -0.4 is 10.2 Å². The third kappa shape index (κ3) is 4.91. The van der Waals surface area contributed by atoms with Crippen molar-refractivity contribution >= 4 is 17.5 Å². The molecule has 1 saturated heterocycles. The van der Waals surface area contributed by atoms with Crippen LogP contribution in [-0.2, 0) is 20.9 Å². The quantitative estimate of drug-likeness (QED) is 0.653. The molecular weight excluding hydrogens is 414 g/mol. The molecule has 1 aromatic rings. The molecule has 1 aromatic carbocycles. The van der Waals surface area contributed by atoms with Gasteiger partial charge in [-0.25, -0.2) is 0 Å². The van der Waals surface area contributed by atoms with Gasteiger partial charge >= 0.3 is 0 Å². The van der Waals surface area contributed by atoms with E-state index in [1.807, 2.05) is 19.0 Å². The van der Waals surface area contributed by atoms with Crippen molar-refractivity contribution in [2.24, 2.45) is 23.2 Å². The van der Waals surface area contributed by atoms with Crippen LogP contribution in [0.15, 0.2) is 24.3 Å².